The second-order valence-electron chi connectivity index (χ2n) is 2.58. The predicted molar refractivity (Wildman–Crippen MR) is 47.1 cm³/mol. The minimum absolute atomic E-state index is 0.565. The molecule has 0 aliphatic heterocycles. The fourth-order valence-electron chi connectivity index (χ4n) is 0.564. The molecule has 0 aromatic carbocycles. The van der Waals surface area contributed by atoms with Gasteiger partial charge in [0, 0.05) is 6.04 Å². The van der Waals surface area contributed by atoms with E-state index in [1.807, 2.05) is 13.1 Å². The van der Waals surface area contributed by atoms with Crippen LogP contribution in [0.25, 0.3) is 0 Å². The number of rotatable bonds is 4. The molecule has 0 radical (unpaired) electrons. The molecule has 0 bridgehead atoms. The van der Waals surface area contributed by atoms with Crippen LogP contribution in [0.1, 0.15) is 20.3 Å². The smallest absolute Gasteiger partial charge is 0.00704 e. The van der Waals surface area contributed by atoms with Gasteiger partial charge in [0.2, 0.25) is 0 Å². The minimum Gasteiger partial charge on any atom is -0.317 e. The Hall–Kier alpha value is -0.560. The molecule has 0 heterocycles. The van der Waals surface area contributed by atoms with Crippen molar-refractivity contribution in [2.75, 3.05) is 7.05 Å². The summed E-state index contributed by atoms with van der Waals surface area (Å²) in [4.78, 5) is 0. The van der Waals surface area contributed by atoms with Crippen molar-refractivity contribution in [2.24, 2.45) is 0 Å². The zero-order valence-electron chi connectivity index (χ0n) is 7.15. The maximum absolute atomic E-state index is 3.68. The highest BCUT2D eigenvalue weighted by molar-refractivity contribution is 5.12. The fraction of sp³-hybridized carbons (Fsp3) is 0.556. The summed E-state index contributed by atoms with van der Waals surface area (Å²) in [6, 6.07) is 0.565. The van der Waals surface area contributed by atoms with Crippen LogP contribution in [0.3, 0.4) is 0 Å². The Balaban J connectivity index is 3.60. The van der Waals surface area contributed by atoms with Crippen LogP contribution >= 0.6 is 0 Å². The maximum Gasteiger partial charge on any atom is 0.00704 e. The molecule has 10 heavy (non-hydrogen) atoms. The van der Waals surface area contributed by atoms with Crippen molar-refractivity contribution in [2.45, 2.75) is 26.3 Å². The van der Waals surface area contributed by atoms with Gasteiger partial charge in [0.15, 0.2) is 0 Å². The van der Waals surface area contributed by atoms with Gasteiger partial charge in [-0.3, -0.25) is 0 Å². The van der Waals surface area contributed by atoms with E-state index in [4.69, 9.17) is 0 Å². The Morgan fingerprint density at radius 1 is 1.70 bits per heavy atom. The summed E-state index contributed by atoms with van der Waals surface area (Å²) in [5, 5.41) is 3.17. The molecule has 0 saturated carbocycles. The molecule has 0 spiro atoms. The van der Waals surface area contributed by atoms with Crippen molar-refractivity contribution < 1.29 is 0 Å². The first-order valence-electron chi connectivity index (χ1n) is 3.67. The van der Waals surface area contributed by atoms with Gasteiger partial charge in [0.1, 0.15) is 0 Å². The van der Waals surface area contributed by atoms with Gasteiger partial charge < -0.3 is 5.32 Å². The van der Waals surface area contributed by atoms with Crippen LogP contribution in [0.15, 0.2) is 24.3 Å². The lowest BCUT2D eigenvalue weighted by molar-refractivity contribution is 0.618. The molecule has 0 amide bonds. The molecule has 1 heteroatoms. The van der Waals surface area contributed by atoms with E-state index < -0.39 is 0 Å². The SMILES string of the molecule is C=CC(C)=CCC(C)NC. The third kappa shape index (κ3) is 4.33. The second-order valence-corrected chi connectivity index (χ2v) is 2.58. The van der Waals surface area contributed by atoms with Gasteiger partial charge in [0.05, 0.1) is 0 Å². The highest BCUT2D eigenvalue weighted by atomic mass is 14.8. The lowest BCUT2D eigenvalue weighted by atomic mass is 10.2. The van der Waals surface area contributed by atoms with E-state index in [2.05, 4.69) is 31.8 Å². The molecule has 1 nitrogen and oxygen atoms in total. The van der Waals surface area contributed by atoms with Gasteiger partial charge >= 0.3 is 0 Å². The molecule has 1 N–H and O–H groups in total. The predicted octanol–water partition coefficient (Wildman–Crippen LogP) is 2.12. The van der Waals surface area contributed by atoms with E-state index >= 15 is 0 Å². The molecular weight excluding hydrogens is 122 g/mol. The van der Waals surface area contributed by atoms with E-state index in [0.717, 1.165) is 6.42 Å². The minimum atomic E-state index is 0.565. The van der Waals surface area contributed by atoms with Gasteiger partial charge in [-0.15, -0.1) is 0 Å². The van der Waals surface area contributed by atoms with Crippen molar-refractivity contribution in [3.05, 3.63) is 24.3 Å². The zero-order chi connectivity index (χ0) is 7.98. The van der Waals surface area contributed by atoms with Crippen molar-refractivity contribution in [1.29, 1.82) is 0 Å². The average molecular weight is 139 g/mol. The zero-order valence-corrected chi connectivity index (χ0v) is 7.15. The number of hydrogen-bond acceptors (Lipinski definition) is 1. The largest absolute Gasteiger partial charge is 0.317 e. The molecule has 0 fully saturated rings. The standard InChI is InChI=1S/C9H17N/c1-5-8(2)6-7-9(3)10-4/h5-6,9-10H,1,7H2,2-4H3. The molecule has 0 aromatic rings. The van der Waals surface area contributed by atoms with Gasteiger partial charge in [-0.1, -0.05) is 24.3 Å². The molecule has 0 rings (SSSR count). The third-order valence-electron chi connectivity index (χ3n) is 1.61. The molecule has 1 unspecified atom stereocenters. The molecular formula is C9H17N. The lowest BCUT2D eigenvalue weighted by Crippen LogP contribution is -2.19. The molecule has 58 valence electrons. The number of allylic oxidation sites excluding steroid dienone is 2. The van der Waals surface area contributed by atoms with E-state index in [1.54, 1.807) is 0 Å². The van der Waals surface area contributed by atoms with Gasteiger partial charge in [-0.2, -0.15) is 0 Å². The normalized spacial score (nSPS) is 14.9. The summed E-state index contributed by atoms with van der Waals surface area (Å²) in [5.41, 5.74) is 1.25. The van der Waals surface area contributed by atoms with Crippen molar-refractivity contribution in [1.82, 2.24) is 5.32 Å². The highest BCUT2D eigenvalue weighted by Crippen LogP contribution is 1.98. The summed E-state index contributed by atoms with van der Waals surface area (Å²) >= 11 is 0. The Morgan fingerprint density at radius 2 is 2.30 bits per heavy atom. The van der Waals surface area contributed by atoms with Crippen LogP contribution in [0, 0.1) is 0 Å². The fourth-order valence-corrected chi connectivity index (χ4v) is 0.564. The summed E-state index contributed by atoms with van der Waals surface area (Å²) in [6.45, 7) is 7.90. The molecule has 1 atom stereocenters. The Kier molecular flexibility index (Phi) is 4.95. The second kappa shape index (κ2) is 5.24. The van der Waals surface area contributed by atoms with Crippen LogP contribution in [0.5, 0.6) is 0 Å². The van der Waals surface area contributed by atoms with E-state index in [1.165, 1.54) is 5.57 Å². The Bertz CT molecular complexity index is 125. The van der Waals surface area contributed by atoms with Crippen LogP contribution in [-0.2, 0) is 0 Å². The Morgan fingerprint density at radius 3 is 2.70 bits per heavy atom. The Labute approximate surface area is 63.8 Å². The van der Waals surface area contributed by atoms with E-state index in [-0.39, 0.29) is 0 Å². The first-order valence-corrected chi connectivity index (χ1v) is 3.67. The number of nitrogens with one attached hydrogen (secondary N) is 1. The first kappa shape index (κ1) is 9.44. The van der Waals surface area contributed by atoms with Crippen LogP contribution in [0.2, 0.25) is 0 Å². The van der Waals surface area contributed by atoms with Crippen LogP contribution in [-0.4, -0.2) is 13.1 Å². The molecule has 0 aliphatic carbocycles. The quantitative estimate of drug-likeness (QED) is 0.588. The van der Waals surface area contributed by atoms with Crippen molar-refractivity contribution in [3.63, 3.8) is 0 Å². The van der Waals surface area contributed by atoms with Gasteiger partial charge in [-0.25, -0.2) is 0 Å². The van der Waals surface area contributed by atoms with Gasteiger partial charge in [0.25, 0.3) is 0 Å². The van der Waals surface area contributed by atoms with E-state index in [0.29, 0.717) is 6.04 Å². The average Bonchev–Trinajstić information content (AvgIpc) is 1.99. The third-order valence-corrected chi connectivity index (χ3v) is 1.61. The van der Waals surface area contributed by atoms with Crippen molar-refractivity contribution in [3.8, 4) is 0 Å². The number of hydrogen-bond donors (Lipinski definition) is 1. The van der Waals surface area contributed by atoms with Gasteiger partial charge in [-0.05, 0) is 27.3 Å². The highest BCUT2D eigenvalue weighted by Gasteiger charge is 1.92. The first-order chi connectivity index (χ1) is 4.70. The van der Waals surface area contributed by atoms with Crippen molar-refractivity contribution >= 4 is 0 Å². The molecule has 0 aromatic heterocycles. The summed E-state index contributed by atoms with van der Waals surface area (Å²) in [5.74, 6) is 0. The van der Waals surface area contributed by atoms with E-state index in [9.17, 15) is 0 Å². The summed E-state index contributed by atoms with van der Waals surface area (Å²) in [7, 11) is 1.97. The van der Waals surface area contributed by atoms with Crippen LogP contribution < -0.4 is 5.32 Å². The van der Waals surface area contributed by atoms with Crippen LogP contribution in [0.4, 0.5) is 0 Å². The summed E-state index contributed by atoms with van der Waals surface area (Å²) in [6.07, 6.45) is 5.14. The lowest BCUT2D eigenvalue weighted by Gasteiger charge is -2.05. The molecule has 0 aliphatic rings. The topological polar surface area (TPSA) is 12.0 Å². The summed E-state index contributed by atoms with van der Waals surface area (Å²) < 4.78 is 0. The molecule has 0 saturated heterocycles. The monoisotopic (exact) mass is 139 g/mol. The maximum atomic E-state index is 3.68.